The van der Waals surface area contributed by atoms with Crippen LogP contribution in [0.2, 0.25) is 0 Å². The van der Waals surface area contributed by atoms with E-state index < -0.39 is 6.17 Å². The minimum atomic E-state index is -0.751. The lowest BCUT2D eigenvalue weighted by molar-refractivity contribution is 0.326. The Labute approximate surface area is 82.4 Å². The predicted octanol–water partition coefficient (Wildman–Crippen LogP) is 2.27. The second kappa shape index (κ2) is 6.40. The van der Waals surface area contributed by atoms with Crippen molar-refractivity contribution >= 4 is 23.7 Å². The van der Waals surface area contributed by atoms with Gasteiger partial charge < -0.3 is 5.32 Å². The molecule has 0 spiro atoms. The number of nitrogens with one attached hydrogen (secondary N) is 1. The third-order valence-corrected chi connectivity index (χ3v) is 2.33. The Hall–Kier alpha value is -0.120. The van der Waals surface area contributed by atoms with E-state index in [0.717, 1.165) is 4.88 Å². The van der Waals surface area contributed by atoms with Gasteiger partial charge in [-0.1, -0.05) is 6.07 Å². The minimum absolute atomic E-state index is 0. The van der Waals surface area contributed by atoms with E-state index in [0.29, 0.717) is 13.0 Å². The first kappa shape index (κ1) is 11.9. The molecule has 1 nitrogen and oxygen atoms in total. The molecule has 1 rings (SSSR count). The molecule has 1 aromatic rings. The Kier molecular flexibility index (Phi) is 6.34. The number of rotatable bonds is 4. The van der Waals surface area contributed by atoms with E-state index in [1.165, 1.54) is 0 Å². The van der Waals surface area contributed by atoms with Crippen LogP contribution in [0.5, 0.6) is 0 Å². The summed E-state index contributed by atoms with van der Waals surface area (Å²) in [5, 5.41) is 4.78. The van der Waals surface area contributed by atoms with Gasteiger partial charge in [0.15, 0.2) is 0 Å². The summed E-state index contributed by atoms with van der Waals surface area (Å²) < 4.78 is 12.9. The highest BCUT2D eigenvalue weighted by Crippen LogP contribution is 2.12. The van der Waals surface area contributed by atoms with E-state index in [1.807, 2.05) is 17.5 Å². The lowest BCUT2D eigenvalue weighted by atomic mass is 10.2. The van der Waals surface area contributed by atoms with E-state index >= 15 is 0 Å². The minimum Gasteiger partial charge on any atom is -0.317 e. The third kappa shape index (κ3) is 4.04. The van der Waals surface area contributed by atoms with Crippen molar-refractivity contribution in [3.63, 3.8) is 0 Å². The second-order valence-corrected chi connectivity index (χ2v) is 3.47. The van der Waals surface area contributed by atoms with Gasteiger partial charge in [0, 0.05) is 17.8 Å². The summed E-state index contributed by atoms with van der Waals surface area (Å²) in [5.41, 5.74) is 0. The van der Waals surface area contributed by atoms with Gasteiger partial charge in [-0.05, 0) is 18.5 Å². The van der Waals surface area contributed by atoms with Crippen LogP contribution >= 0.6 is 23.7 Å². The molecule has 0 bridgehead atoms. The molecule has 0 fully saturated rings. The van der Waals surface area contributed by atoms with E-state index in [2.05, 4.69) is 5.32 Å². The Morgan fingerprint density at radius 2 is 2.42 bits per heavy atom. The maximum Gasteiger partial charge on any atom is 0.117 e. The van der Waals surface area contributed by atoms with Crippen molar-refractivity contribution < 1.29 is 4.39 Å². The zero-order chi connectivity index (χ0) is 8.10. The Balaban J connectivity index is 0.00000121. The summed E-state index contributed by atoms with van der Waals surface area (Å²) >= 11 is 1.61. The molecule has 0 aliphatic heterocycles. The molecule has 1 atom stereocenters. The fourth-order valence-corrected chi connectivity index (χ4v) is 1.71. The number of thiophene rings is 1. The number of hydrogen-bond acceptors (Lipinski definition) is 2. The van der Waals surface area contributed by atoms with E-state index in [9.17, 15) is 4.39 Å². The topological polar surface area (TPSA) is 12.0 Å². The summed E-state index contributed by atoms with van der Waals surface area (Å²) in [6, 6.07) is 3.92. The zero-order valence-corrected chi connectivity index (χ0v) is 8.55. The van der Waals surface area contributed by atoms with Crippen molar-refractivity contribution in [2.24, 2.45) is 0 Å². The van der Waals surface area contributed by atoms with E-state index in [-0.39, 0.29) is 12.4 Å². The molecule has 1 N–H and O–H groups in total. The number of hydrogen-bond donors (Lipinski definition) is 1. The molecule has 1 unspecified atom stereocenters. The van der Waals surface area contributed by atoms with Crippen molar-refractivity contribution in [3.8, 4) is 0 Å². The van der Waals surface area contributed by atoms with Gasteiger partial charge in [-0.2, -0.15) is 0 Å². The van der Waals surface area contributed by atoms with Gasteiger partial charge in [-0.15, -0.1) is 23.7 Å². The van der Waals surface area contributed by atoms with Gasteiger partial charge in [0.05, 0.1) is 0 Å². The molecule has 0 amide bonds. The first-order valence-corrected chi connectivity index (χ1v) is 4.52. The highest BCUT2D eigenvalue weighted by atomic mass is 35.5. The predicted molar refractivity (Wildman–Crippen MR) is 54.1 cm³/mol. The molecule has 12 heavy (non-hydrogen) atoms. The highest BCUT2D eigenvalue weighted by Gasteiger charge is 2.05. The Bertz CT molecular complexity index is 191. The zero-order valence-electron chi connectivity index (χ0n) is 6.92. The van der Waals surface area contributed by atoms with Crippen LogP contribution in [-0.4, -0.2) is 19.8 Å². The van der Waals surface area contributed by atoms with Crippen LogP contribution in [0.1, 0.15) is 4.88 Å². The summed E-state index contributed by atoms with van der Waals surface area (Å²) in [4.78, 5) is 1.12. The van der Waals surface area contributed by atoms with Crippen molar-refractivity contribution in [1.82, 2.24) is 5.32 Å². The fraction of sp³-hybridized carbons (Fsp3) is 0.500. The first-order chi connectivity index (χ1) is 5.33. The van der Waals surface area contributed by atoms with Crippen molar-refractivity contribution in [1.29, 1.82) is 0 Å². The second-order valence-electron chi connectivity index (χ2n) is 2.44. The summed E-state index contributed by atoms with van der Waals surface area (Å²) in [6.07, 6.45) is -0.211. The number of halogens is 2. The summed E-state index contributed by atoms with van der Waals surface area (Å²) in [6.45, 7) is 0.442. The van der Waals surface area contributed by atoms with Crippen LogP contribution in [0.4, 0.5) is 4.39 Å². The van der Waals surface area contributed by atoms with Crippen molar-refractivity contribution in [2.75, 3.05) is 13.6 Å². The van der Waals surface area contributed by atoms with Gasteiger partial charge in [0.2, 0.25) is 0 Å². The summed E-state index contributed by atoms with van der Waals surface area (Å²) in [5.74, 6) is 0. The molecule has 1 heterocycles. The lowest BCUT2D eigenvalue weighted by Gasteiger charge is -2.04. The molecular weight excluding hydrogens is 197 g/mol. The standard InChI is InChI=1S/C8H12FNS.ClH/c1-10-6-7(9)5-8-3-2-4-11-8;/h2-4,7,10H,5-6H2,1H3;1H. The molecular formula is C8H13ClFNS. The van der Waals surface area contributed by atoms with Gasteiger partial charge in [0.25, 0.3) is 0 Å². The van der Waals surface area contributed by atoms with Crippen LogP contribution in [0.25, 0.3) is 0 Å². The molecule has 0 saturated carbocycles. The van der Waals surface area contributed by atoms with Gasteiger partial charge in [0.1, 0.15) is 6.17 Å². The van der Waals surface area contributed by atoms with Crippen LogP contribution in [-0.2, 0) is 6.42 Å². The molecule has 0 radical (unpaired) electrons. The Morgan fingerprint density at radius 1 is 1.67 bits per heavy atom. The Morgan fingerprint density at radius 3 is 2.92 bits per heavy atom. The van der Waals surface area contributed by atoms with Crippen molar-refractivity contribution in [2.45, 2.75) is 12.6 Å². The van der Waals surface area contributed by atoms with Crippen molar-refractivity contribution in [3.05, 3.63) is 22.4 Å². The smallest absolute Gasteiger partial charge is 0.117 e. The largest absolute Gasteiger partial charge is 0.317 e. The third-order valence-electron chi connectivity index (χ3n) is 1.43. The molecule has 0 aliphatic carbocycles. The SMILES string of the molecule is CNCC(F)Cc1cccs1.Cl. The highest BCUT2D eigenvalue weighted by molar-refractivity contribution is 7.09. The molecule has 4 heteroatoms. The van der Waals surface area contributed by atoms with Crippen LogP contribution in [0, 0.1) is 0 Å². The molecule has 1 aromatic heterocycles. The fourth-order valence-electron chi connectivity index (χ4n) is 0.941. The van der Waals surface area contributed by atoms with Crippen LogP contribution in [0.15, 0.2) is 17.5 Å². The average molecular weight is 210 g/mol. The van der Waals surface area contributed by atoms with E-state index in [4.69, 9.17) is 0 Å². The number of alkyl halides is 1. The average Bonchev–Trinajstić information content (AvgIpc) is 2.40. The molecule has 0 saturated heterocycles. The monoisotopic (exact) mass is 209 g/mol. The lowest BCUT2D eigenvalue weighted by Crippen LogP contribution is -2.21. The summed E-state index contributed by atoms with van der Waals surface area (Å²) in [7, 11) is 1.76. The molecule has 70 valence electrons. The van der Waals surface area contributed by atoms with Crippen LogP contribution in [0.3, 0.4) is 0 Å². The van der Waals surface area contributed by atoms with Crippen LogP contribution < -0.4 is 5.32 Å². The van der Waals surface area contributed by atoms with Gasteiger partial charge >= 0.3 is 0 Å². The van der Waals surface area contributed by atoms with Gasteiger partial charge in [-0.25, -0.2) is 4.39 Å². The maximum atomic E-state index is 12.9. The first-order valence-electron chi connectivity index (χ1n) is 3.64. The molecule has 0 aromatic carbocycles. The maximum absolute atomic E-state index is 12.9. The van der Waals surface area contributed by atoms with Gasteiger partial charge in [-0.3, -0.25) is 0 Å². The quantitative estimate of drug-likeness (QED) is 0.803. The molecule has 0 aliphatic rings. The normalized spacial score (nSPS) is 12.2. The van der Waals surface area contributed by atoms with E-state index in [1.54, 1.807) is 18.4 Å².